The third-order valence-corrected chi connectivity index (χ3v) is 4.68. The molecule has 1 aromatic carbocycles. The first-order valence-corrected chi connectivity index (χ1v) is 6.84. The maximum atomic E-state index is 13.4. The Morgan fingerprint density at radius 3 is 2.84 bits per heavy atom. The largest absolute Gasteiger partial charge is 0.481 e. The van der Waals surface area contributed by atoms with E-state index in [1.807, 2.05) is 7.05 Å². The van der Waals surface area contributed by atoms with Gasteiger partial charge in [-0.15, -0.1) is 0 Å². The molecule has 4 heteroatoms. The van der Waals surface area contributed by atoms with Gasteiger partial charge in [0, 0.05) is 18.8 Å². The van der Waals surface area contributed by atoms with E-state index in [0.717, 1.165) is 36.9 Å². The number of rotatable bonds is 1. The molecule has 1 N–H and O–H groups in total. The minimum absolute atomic E-state index is 0.147. The number of hydrogen-bond acceptors (Lipinski definition) is 2. The molecule has 0 aromatic heterocycles. The van der Waals surface area contributed by atoms with Crippen LogP contribution in [0, 0.1) is 11.7 Å². The summed E-state index contributed by atoms with van der Waals surface area (Å²) in [6.07, 6.45) is 4.17. The van der Waals surface area contributed by atoms with Crippen LogP contribution < -0.4 is 4.90 Å². The molecule has 0 amide bonds. The first-order chi connectivity index (χ1) is 9.09. The van der Waals surface area contributed by atoms with Crippen molar-refractivity contribution in [3.63, 3.8) is 0 Å². The van der Waals surface area contributed by atoms with Gasteiger partial charge in [0.25, 0.3) is 0 Å². The average molecular weight is 263 g/mol. The lowest BCUT2D eigenvalue weighted by Gasteiger charge is -2.47. The summed E-state index contributed by atoms with van der Waals surface area (Å²) < 4.78 is 13.4. The molecule has 1 saturated carbocycles. The van der Waals surface area contributed by atoms with Crippen molar-refractivity contribution in [1.82, 2.24) is 0 Å². The van der Waals surface area contributed by atoms with Gasteiger partial charge in [-0.1, -0.05) is 18.9 Å². The van der Waals surface area contributed by atoms with E-state index < -0.39 is 11.9 Å². The Hall–Kier alpha value is -1.58. The van der Waals surface area contributed by atoms with Crippen molar-refractivity contribution in [2.24, 2.45) is 5.92 Å². The minimum Gasteiger partial charge on any atom is -0.481 e. The van der Waals surface area contributed by atoms with Gasteiger partial charge in [-0.2, -0.15) is 0 Å². The quantitative estimate of drug-likeness (QED) is 0.846. The molecular weight excluding hydrogens is 245 g/mol. The molecule has 3 nitrogen and oxygen atoms in total. The highest BCUT2D eigenvalue weighted by molar-refractivity contribution is 5.81. The van der Waals surface area contributed by atoms with Gasteiger partial charge < -0.3 is 10.0 Å². The van der Waals surface area contributed by atoms with Gasteiger partial charge in [-0.25, -0.2) is 4.39 Å². The zero-order valence-electron chi connectivity index (χ0n) is 11.0. The van der Waals surface area contributed by atoms with Crippen molar-refractivity contribution >= 4 is 11.7 Å². The molecule has 0 saturated heterocycles. The van der Waals surface area contributed by atoms with Crippen LogP contribution in [0.15, 0.2) is 18.2 Å². The first kappa shape index (κ1) is 12.5. The van der Waals surface area contributed by atoms with Crippen LogP contribution in [0.25, 0.3) is 0 Å². The Labute approximate surface area is 112 Å². The Morgan fingerprint density at radius 2 is 2.11 bits per heavy atom. The molecule has 19 heavy (non-hydrogen) atoms. The number of carboxylic acids is 1. The van der Waals surface area contributed by atoms with E-state index in [2.05, 4.69) is 4.90 Å². The Morgan fingerprint density at radius 1 is 1.37 bits per heavy atom. The van der Waals surface area contributed by atoms with Gasteiger partial charge in [0.15, 0.2) is 0 Å². The number of hydrogen-bond donors (Lipinski definition) is 1. The third kappa shape index (κ3) is 1.90. The van der Waals surface area contributed by atoms with Crippen molar-refractivity contribution < 1.29 is 14.3 Å². The summed E-state index contributed by atoms with van der Waals surface area (Å²) >= 11 is 0. The number of carboxylic acid groups (broad SMARTS) is 1. The van der Waals surface area contributed by atoms with Crippen LogP contribution in [-0.2, 0) is 4.79 Å². The van der Waals surface area contributed by atoms with Crippen LogP contribution in [-0.4, -0.2) is 24.2 Å². The maximum absolute atomic E-state index is 13.4. The number of carbonyl (C=O) groups is 1. The molecule has 1 aliphatic heterocycles. The van der Waals surface area contributed by atoms with Crippen molar-refractivity contribution in [3.8, 4) is 0 Å². The SMILES string of the molecule is CN1c2cc(F)ccc2C(C(=O)O)C2CCCCC21. The van der Waals surface area contributed by atoms with E-state index >= 15 is 0 Å². The lowest BCUT2D eigenvalue weighted by molar-refractivity contribution is -0.141. The van der Waals surface area contributed by atoms with Gasteiger partial charge in [0.2, 0.25) is 0 Å². The molecule has 3 atom stereocenters. The van der Waals surface area contributed by atoms with E-state index in [4.69, 9.17) is 0 Å². The molecule has 3 unspecified atom stereocenters. The fourth-order valence-corrected chi connectivity index (χ4v) is 3.82. The zero-order valence-corrected chi connectivity index (χ0v) is 11.0. The first-order valence-electron chi connectivity index (χ1n) is 6.84. The standard InChI is InChI=1S/C15H18FNO2/c1-17-12-5-3-2-4-10(12)14(15(18)19)11-7-6-9(16)8-13(11)17/h6-8,10,12,14H,2-5H2,1H3,(H,18,19). The number of nitrogens with zero attached hydrogens (tertiary/aromatic N) is 1. The summed E-state index contributed by atoms with van der Waals surface area (Å²) in [5, 5.41) is 9.57. The number of aliphatic carboxylic acids is 1. The van der Waals surface area contributed by atoms with Crippen LogP contribution in [0.1, 0.15) is 37.2 Å². The third-order valence-electron chi connectivity index (χ3n) is 4.68. The Balaban J connectivity index is 2.13. The second kappa shape index (κ2) is 4.51. The maximum Gasteiger partial charge on any atom is 0.311 e. The van der Waals surface area contributed by atoms with Crippen molar-refractivity contribution in [2.45, 2.75) is 37.6 Å². The fraction of sp³-hybridized carbons (Fsp3) is 0.533. The molecule has 1 aliphatic carbocycles. The molecule has 0 radical (unpaired) electrons. The van der Waals surface area contributed by atoms with Gasteiger partial charge in [0.1, 0.15) is 5.82 Å². The lowest BCUT2D eigenvalue weighted by Crippen LogP contribution is -2.48. The Kier molecular flexibility index (Phi) is 2.96. The van der Waals surface area contributed by atoms with Crippen molar-refractivity contribution in [2.75, 3.05) is 11.9 Å². The molecule has 2 aliphatic rings. The van der Waals surface area contributed by atoms with Crippen LogP contribution in [0.4, 0.5) is 10.1 Å². The summed E-state index contributed by atoms with van der Waals surface area (Å²) in [6, 6.07) is 4.70. The molecule has 3 rings (SSSR count). The van der Waals surface area contributed by atoms with Crippen LogP contribution in [0.5, 0.6) is 0 Å². The highest BCUT2D eigenvalue weighted by Crippen LogP contribution is 2.47. The predicted octanol–water partition coefficient (Wildman–Crippen LogP) is 3.00. The normalized spacial score (nSPS) is 29.6. The van der Waals surface area contributed by atoms with Gasteiger partial charge in [-0.05, 0) is 36.5 Å². The van der Waals surface area contributed by atoms with Gasteiger partial charge in [-0.3, -0.25) is 4.79 Å². The molecule has 1 aromatic rings. The monoisotopic (exact) mass is 263 g/mol. The topological polar surface area (TPSA) is 40.5 Å². The van der Waals surface area contributed by atoms with E-state index in [1.54, 1.807) is 6.07 Å². The van der Waals surface area contributed by atoms with Crippen LogP contribution in [0.2, 0.25) is 0 Å². The van der Waals surface area contributed by atoms with E-state index in [0.29, 0.717) is 0 Å². The van der Waals surface area contributed by atoms with E-state index in [-0.39, 0.29) is 17.8 Å². The fourth-order valence-electron chi connectivity index (χ4n) is 3.82. The van der Waals surface area contributed by atoms with Gasteiger partial charge >= 0.3 is 5.97 Å². The molecule has 0 bridgehead atoms. The van der Waals surface area contributed by atoms with Crippen LogP contribution >= 0.6 is 0 Å². The Bertz CT molecular complexity index is 517. The van der Waals surface area contributed by atoms with E-state index in [9.17, 15) is 14.3 Å². The summed E-state index contributed by atoms with van der Waals surface area (Å²) in [5.41, 5.74) is 1.51. The summed E-state index contributed by atoms with van der Waals surface area (Å²) in [4.78, 5) is 13.7. The van der Waals surface area contributed by atoms with Crippen molar-refractivity contribution in [3.05, 3.63) is 29.6 Å². The highest BCUT2D eigenvalue weighted by Gasteiger charge is 2.44. The zero-order chi connectivity index (χ0) is 13.6. The highest BCUT2D eigenvalue weighted by atomic mass is 19.1. The number of anilines is 1. The minimum atomic E-state index is -0.780. The van der Waals surface area contributed by atoms with Crippen LogP contribution in [0.3, 0.4) is 0 Å². The molecule has 102 valence electrons. The second-order valence-corrected chi connectivity index (χ2v) is 5.65. The molecular formula is C15H18FNO2. The summed E-state index contributed by atoms with van der Waals surface area (Å²) in [6.45, 7) is 0. The molecule has 1 fully saturated rings. The lowest BCUT2D eigenvalue weighted by atomic mass is 9.70. The van der Waals surface area contributed by atoms with Gasteiger partial charge in [0.05, 0.1) is 5.92 Å². The predicted molar refractivity (Wildman–Crippen MR) is 70.9 cm³/mol. The van der Waals surface area contributed by atoms with E-state index in [1.165, 1.54) is 12.1 Å². The molecule has 1 heterocycles. The smallest absolute Gasteiger partial charge is 0.311 e. The summed E-state index contributed by atoms with van der Waals surface area (Å²) in [5.74, 6) is -1.42. The average Bonchev–Trinajstić information content (AvgIpc) is 2.39. The second-order valence-electron chi connectivity index (χ2n) is 5.65. The number of fused-ring (bicyclic) bond motifs is 2. The molecule has 0 spiro atoms. The summed E-state index contributed by atoms with van der Waals surface area (Å²) in [7, 11) is 1.96. The number of halogens is 1. The van der Waals surface area contributed by atoms with Crippen molar-refractivity contribution in [1.29, 1.82) is 0 Å². The number of benzene rings is 1.